The van der Waals surface area contributed by atoms with Crippen LogP contribution < -0.4 is 0 Å². The van der Waals surface area contributed by atoms with Crippen molar-refractivity contribution in [3.8, 4) is 0 Å². The zero-order valence-electron chi connectivity index (χ0n) is 19.7. The topological polar surface area (TPSA) is 20.2 Å². The van der Waals surface area contributed by atoms with Crippen molar-refractivity contribution < 1.29 is 5.11 Å². The molecule has 1 nitrogen and oxygen atoms in total. The predicted molar refractivity (Wildman–Crippen MR) is 124 cm³/mol. The maximum Gasteiger partial charge on any atom is 0.0823 e. The first kappa shape index (κ1) is 21.5. The van der Waals surface area contributed by atoms with Crippen molar-refractivity contribution in [3.05, 3.63) is 24.0 Å². The molecule has 4 fully saturated rings. The van der Waals surface area contributed by atoms with Crippen LogP contribution in [0.3, 0.4) is 0 Å². The molecular weight excluding hydrogens is 352 g/mol. The van der Waals surface area contributed by atoms with Crippen molar-refractivity contribution in [2.45, 2.75) is 105 Å². The van der Waals surface area contributed by atoms with E-state index in [1.54, 1.807) is 0 Å². The van der Waals surface area contributed by atoms with E-state index in [2.05, 4.69) is 27.4 Å². The smallest absolute Gasteiger partial charge is 0.0823 e. The van der Waals surface area contributed by atoms with Gasteiger partial charge in [-0.25, -0.2) is 0 Å². The molecule has 0 radical (unpaired) electrons. The summed E-state index contributed by atoms with van der Waals surface area (Å²) < 4.78 is 0. The molecule has 0 spiro atoms. The average Bonchev–Trinajstić information content (AvgIpc) is 3.08. The number of hydrogen-bond acceptors (Lipinski definition) is 1. The number of allylic oxidation sites excluding steroid dienone is 2. The summed E-state index contributed by atoms with van der Waals surface area (Å²) in [5.74, 6) is 5.70. The van der Waals surface area contributed by atoms with Gasteiger partial charge in [-0.15, -0.1) is 0 Å². The molecule has 0 heterocycles. The summed E-state index contributed by atoms with van der Waals surface area (Å²) in [6, 6.07) is 0. The number of rotatable bonds is 5. The molecule has 0 aromatic rings. The van der Waals surface area contributed by atoms with Crippen LogP contribution in [0, 0.1) is 46.3 Å². The van der Waals surface area contributed by atoms with Crippen LogP contribution in [-0.2, 0) is 0 Å². The monoisotopic (exact) mass is 398 g/mol. The number of aliphatic hydroxyl groups excluding tert-OH is 1. The van der Waals surface area contributed by atoms with Gasteiger partial charge in [0.2, 0.25) is 0 Å². The zero-order chi connectivity index (χ0) is 20.8. The molecule has 4 saturated carbocycles. The average molecular weight is 399 g/mol. The van der Waals surface area contributed by atoms with Gasteiger partial charge in [0.1, 0.15) is 0 Å². The van der Waals surface area contributed by atoms with Gasteiger partial charge in [0.15, 0.2) is 0 Å². The van der Waals surface area contributed by atoms with E-state index in [4.69, 9.17) is 0 Å². The van der Waals surface area contributed by atoms with Crippen molar-refractivity contribution in [2.75, 3.05) is 0 Å². The Morgan fingerprint density at radius 1 is 1.00 bits per heavy atom. The Morgan fingerprint density at radius 3 is 2.52 bits per heavy atom. The molecule has 0 amide bonds. The molecule has 1 unspecified atom stereocenters. The van der Waals surface area contributed by atoms with Crippen LogP contribution in [-0.4, -0.2) is 5.11 Å². The third kappa shape index (κ3) is 3.53. The largest absolute Gasteiger partial charge is 0.515 e. The quantitative estimate of drug-likeness (QED) is 0.363. The third-order valence-electron chi connectivity index (χ3n) is 11.0. The number of hydrogen-bond donors (Lipinski definition) is 1. The van der Waals surface area contributed by atoms with E-state index in [9.17, 15) is 5.11 Å². The molecule has 29 heavy (non-hydrogen) atoms. The summed E-state index contributed by atoms with van der Waals surface area (Å²) in [6.07, 6.45) is 18.5. The fourth-order valence-electron chi connectivity index (χ4n) is 9.16. The van der Waals surface area contributed by atoms with E-state index < -0.39 is 0 Å². The minimum Gasteiger partial charge on any atom is -0.515 e. The lowest BCUT2D eigenvalue weighted by Gasteiger charge is -2.61. The van der Waals surface area contributed by atoms with E-state index >= 15 is 0 Å². The highest BCUT2D eigenvalue weighted by Gasteiger charge is 2.60. The van der Waals surface area contributed by atoms with Crippen LogP contribution in [0.2, 0.25) is 0 Å². The highest BCUT2D eigenvalue weighted by atomic mass is 16.2. The fraction of sp³-hybridized carbons (Fsp3) is 0.857. The molecule has 1 heteroatoms. The molecule has 4 aliphatic rings. The SMILES string of the molecule is C=C(CC[C@@H](C)[C@H]1CC[C@H]2[C@@H]3CCC4CCCC[C@]4(C)[C@H]3CC[C@]12C)C(C)=CO. The summed E-state index contributed by atoms with van der Waals surface area (Å²) >= 11 is 0. The van der Waals surface area contributed by atoms with E-state index in [1.807, 2.05) is 6.92 Å². The lowest BCUT2D eigenvalue weighted by molar-refractivity contribution is -0.114. The number of aliphatic hydroxyl groups is 1. The first-order chi connectivity index (χ1) is 13.8. The van der Waals surface area contributed by atoms with Crippen LogP contribution in [0.1, 0.15) is 105 Å². The lowest BCUT2D eigenvalue weighted by Crippen LogP contribution is -2.53. The molecule has 0 aromatic heterocycles. The van der Waals surface area contributed by atoms with Gasteiger partial charge in [0, 0.05) is 0 Å². The molecule has 4 aliphatic carbocycles. The van der Waals surface area contributed by atoms with Gasteiger partial charge < -0.3 is 5.11 Å². The number of fused-ring (bicyclic) bond motifs is 5. The Balaban J connectivity index is 1.46. The molecule has 0 aliphatic heterocycles. The minimum atomic E-state index is 0.571. The van der Waals surface area contributed by atoms with Gasteiger partial charge in [-0.1, -0.05) is 40.2 Å². The van der Waals surface area contributed by atoms with Crippen LogP contribution >= 0.6 is 0 Å². The molecule has 0 saturated heterocycles. The first-order valence-electron chi connectivity index (χ1n) is 12.8. The zero-order valence-corrected chi connectivity index (χ0v) is 19.7. The van der Waals surface area contributed by atoms with Crippen molar-refractivity contribution in [1.82, 2.24) is 0 Å². The second-order valence-corrected chi connectivity index (χ2v) is 12.1. The van der Waals surface area contributed by atoms with Gasteiger partial charge in [-0.05, 0) is 129 Å². The fourth-order valence-corrected chi connectivity index (χ4v) is 9.16. The van der Waals surface area contributed by atoms with Crippen molar-refractivity contribution >= 4 is 0 Å². The first-order valence-corrected chi connectivity index (χ1v) is 12.8. The van der Waals surface area contributed by atoms with Crippen molar-refractivity contribution in [1.29, 1.82) is 0 Å². The van der Waals surface area contributed by atoms with Crippen molar-refractivity contribution in [2.24, 2.45) is 46.3 Å². The lowest BCUT2D eigenvalue weighted by atomic mass is 9.44. The summed E-state index contributed by atoms with van der Waals surface area (Å²) in [4.78, 5) is 0. The maximum atomic E-state index is 9.27. The summed E-state index contributed by atoms with van der Waals surface area (Å²) in [7, 11) is 0. The molecule has 8 atom stereocenters. The van der Waals surface area contributed by atoms with Crippen LogP contribution in [0.5, 0.6) is 0 Å². The predicted octanol–water partition coefficient (Wildman–Crippen LogP) is 8.47. The van der Waals surface area contributed by atoms with Crippen LogP contribution in [0.4, 0.5) is 0 Å². The van der Waals surface area contributed by atoms with Crippen molar-refractivity contribution in [3.63, 3.8) is 0 Å². The Kier molecular flexibility index (Phi) is 6.00. The van der Waals surface area contributed by atoms with E-state index in [0.717, 1.165) is 53.1 Å². The van der Waals surface area contributed by atoms with Gasteiger partial charge >= 0.3 is 0 Å². The van der Waals surface area contributed by atoms with Gasteiger partial charge in [0.05, 0.1) is 6.26 Å². The molecule has 0 aromatic carbocycles. The molecule has 1 N–H and O–H groups in total. The molecule has 164 valence electrons. The normalized spacial score (nSPS) is 45.8. The maximum absolute atomic E-state index is 9.27. The van der Waals surface area contributed by atoms with E-state index in [0.29, 0.717) is 10.8 Å². The molecular formula is C28H46O. The summed E-state index contributed by atoms with van der Waals surface area (Å²) in [5.41, 5.74) is 3.30. The van der Waals surface area contributed by atoms with Gasteiger partial charge in [-0.3, -0.25) is 0 Å². The van der Waals surface area contributed by atoms with E-state index in [1.165, 1.54) is 76.9 Å². The second-order valence-electron chi connectivity index (χ2n) is 12.1. The Labute approximate surface area is 180 Å². The molecule has 4 rings (SSSR count). The Morgan fingerprint density at radius 2 is 1.76 bits per heavy atom. The van der Waals surface area contributed by atoms with Gasteiger partial charge in [-0.2, -0.15) is 0 Å². The Hall–Kier alpha value is -0.720. The minimum absolute atomic E-state index is 0.571. The highest BCUT2D eigenvalue weighted by molar-refractivity contribution is 5.24. The van der Waals surface area contributed by atoms with E-state index in [-0.39, 0.29) is 0 Å². The van der Waals surface area contributed by atoms with Crippen LogP contribution in [0.15, 0.2) is 24.0 Å². The summed E-state index contributed by atoms with van der Waals surface area (Å²) in [6.45, 7) is 14.1. The van der Waals surface area contributed by atoms with Gasteiger partial charge in [0.25, 0.3) is 0 Å². The summed E-state index contributed by atoms with van der Waals surface area (Å²) in [5, 5.41) is 9.27. The Bertz CT molecular complexity index is 647. The van der Waals surface area contributed by atoms with Crippen LogP contribution in [0.25, 0.3) is 0 Å². The molecule has 0 bridgehead atoms. The third-order valence-corrected chi connectivity index (χ3v) is 11.0. The highest BCUT2D eigenvalue weighted by Crippen LogP contribution is 2.68. The standard InChI is InChI=1S/C28H46O/c1-19(21(3)18-29)9-10-20(2)24-13-14-25-23-12-11-22-8-6-7-16-27(22,4)26(23)15-17-28(24,25)5/h18,20,22-26,29H,1,6-17H2,2-5H3/t20-,22?,23+,24-,25+,26+,27+,28-/m1/s1. The second kappa shape index (κ2) is 8.08.